The molecule has 0 aromatic rings. The molecule has 2 rings (SSSR count). The van der Waals surface area contributed by atoms with Crippen LogP contribution in [0.2, 0.25) is 0 Å². The van der Waals surface area contributed by atoms with Gasteiger partial charge in [0.2, 0.25) is 0 Å². The molecule has 0 radical (unpaired) electrons. The molecule has 2 aliphatic heterocycles. The number of likely N-dealkylation sites (N-methyl/N-ethyl adjacent to an activating group) is 1. The molecule has 2 aliphatic rings. The quantitative estimate of drug-likeness (QED) is 0.802. The number of nitrogens with one attached hydrogen (secondary N) is 1. The molecular weight excluding hydrogens is 278 g/mol. The van der Waals surface area contributed by atoms with Crippen LogP contribution >= 0.6 is 11.8 Å². The predicted molar refractivity (Wildman–Crippen MR) is 79.1 cm³/mol. The van der Waals surface area contributed by atoms with Gasteiger partial charge in [-0.15, -0.1) is 0 Å². The molecule has 2 fully saturated rings. The largest absolute Gasteiger partial charge is 0.480 e. The fourth-order valence-corrected chi connectivity index (χ4v) is 3.81. The van der Waals surface area contributed by atoms with Crippen LogP contribution in [-0.4, -0.2) is 76.7 Å². The Morgan fingerprint density at radius 3 is 2.90 bits per heavy atom. The second kappa shape index (κ2) is 7.17. The number of carboxylic acids is 1. The van der Waals surface area contributed by atoms with Crippen molar-refractivity contribution in [2.24, 2.45) is 0 Å². The van der Waals surface area contributed by atoms with Crippen molar-refractivity contribution in [3.8, 4) is 0 Å². The van der Waals surface area contributed by atoms with E-state index in [0.29, 0.717) is 12.3 Å². The number of rotatable bonds is 3. The number of piperidine rings is 1. The van der Waals surface area contributed by atoms with E-state index in [-0.39, 0.29) is 12.1 Å². The monoisotopic (exact) mass is 301 g/mol. The Labute approximate surface area is 123 Å². The fraction of sp³-hybridized carbons (Fsp3) is 0.846. The van der Waals surface area contributed by atoms with Crippen molar-refractivity contribution >= 4 is 23.8 Å². The number of thioether (sulfide) groups is 1. The lowest BCUT2D eigenvalue weighted by atomic mass is 10.1. The minimum atomic E-state index is -0.911. The Balaban J connectivity index is 1.91. The third-order valence-corrected chi connectivity index (χ3v) is 4.98. The minimum absolute atomic E-state index is 0.139. The summed E-state index contributed by atoms with van der Waals surface area (Å²) in [5.41, 5.74) is 0. The van der Waals surface area contributed by atoms with E-state index in [1.54, 1.807) is 11.8 Å². The Bertz CT molecular complexity index is 367. The second-order valence-corrected chi connectivity index (χ2v) is 6.45. The van der Waals surface area contributed by atoms with Crippen LogP contribution < -0.4 is 5.32 Å². The van der Waals surface area contributed by atoms with Gasteiger partial charge in [-0.3, -0.25) is 0 Å². The summed E-state index contributed by atoms with van der Waals surface area (Å²) in [5, 5.41) is 12.2. The van der Waals surface area contributed by atoms with Gasteiger partial charge in [-0.05, 0) is 25.9 Å². The Hall–Kier alpha value is -0.950. The van der Waals surface area contributed by atoms with Crippen molar-refractivity contribution in [1.82, 2.24) is 15.1 Å². The molecule has 2 heterocycles. The first kappa shape index (κ1) is 15.4. The van der Waals surface area contributed by atoms with Crippen LogP contribution in [0.25, 0.3) is 0 Å². The summed E-state index contributed by atoms with van der Waals surface area (Å²) in [4.78, 5) is 27.3. The highest BCUT2D eigenvalue weighted by Gasteiger charge is 2.33. The first-order valence-corrected chi connectivity index (χ1v) is 8.37. The first-order chi connectivity index (χ1) is 9.61. The Morgan fingerprint density at radius 1 is 1.40 bits per heavy atom. The summed E-state index contributed by atoms with van der Waals surface area (Å²) in [6.07, 6.45) is 2.06. The number of carbonyl (C=O) groups excluding carboxylic acids is 1. The standard InChI is InChI=1S/C13H23N3O3S/c1-2-15-5-3-4-10(8-15)14-13(19)16-6-7-20-9-11(16)12(17)18/h10-11H,2-9H2,1H3,(H,14,19)(H,17,18). The number of hydrogen-bond acceptors (Lipinski definition) is 4. The van der Waals surface area contributed by atoms with Gasteiger partial charge in [-0.25, -0.2) is 9.59 Å². The number of urea groups is 1. The average molecular weight is 301 g/mol. The van der Waals surface area contributed by atoms with E-state index < -0.39 is 12.0 Å². The van der Waals surface area contributed by atoms with Gasteiger partial charge in [0.25, 0.3) is 0 Å². The molecule has 2 atom stereocenters. The fourth-order valence-electron chi connectivity index (χ4n) is 2.77. The molecule has 0 bridgehead atoms. The lowest BCUT2D eigenvalue weighted by Gasteiger charge is -2.36. The first-order valence-electron chi connectivity index (χ1n) is 7.22. The maximum Gasteiger partial charge on any atom is 0.327 e. The number of aliphatic carboxylic acids is 1. The highest BCUT2D eigenvalue weighted by atomic mass is 32.2. The van der Waals surface area contributed by atoms with Gasteiger partial charge in [0.1, 0.15) is 6.04 Å². The van der Waals surface area contributed by atoms with Gasteiger partial charge in [0.05, 0.1) is 0 Å². The molecule has 2 N–H and O–H groups in total. The molecule has 7 heteroatoms. The number of hydrogen-bond donors (Lipinski definition) is 2. The Kier molecular flexibility index (Phi) is 5.54. The molecule has 0 saturated carbocycles. The van der Waals surface area contributed by atoms with E-state index in [4.69, 9.17) is 0 Å². The zero-order chi connectivity index (χ0) is 14.5. The second-order valence-electron chi connectivity index (χ2n) is 5.30. The number of carbonyl (C=O) groups is 2. The Morgan fingerprint density at radius 2 is 2.20 bits per heavy atom. The maximum atomic E-state index is 12.3. The van der Waals surface area contributed by atoms with Gasteiger partial charge < -0.3 is 20.2 Å². The normalized spacial score (nSPS) is 28.1. The van der Waals surface area contributed by atoms with Crippen LogP contribution in [0.1, 0.15) is 19.8 Å². The molecule has 114 valence electrons. The van der Waals surface area contributed by atoms with Crippen molar-refractivity contribution in [3.05, 3.63) is 0 Å². The van der Waals surface area contributed by atoms with Crippen molar-refractivity contribution in [3.63, 3.8) is 0 Å². The highest BCUT2D eigenvalue weighted by molar-refractivity contribution is 7.99. The van der Waals surface area contributed by atoms with Crippen LogP contribution in [0.3, 0.4) is 0 Å². The van der Waals surface area contributed by atoms with E-state index in [9.17, 15) is 14.7 Å². The van der Waals surface area contributed by atoms with Crippen molar-refractivity contribution in [1.29, 1.82) is 0 Å². The third kappa shape index (κ3) is 3.79. The number of amides is 2. The lowest BCUT2D eigenvalue weighted by molar-refractivity contribution is -0.141. The smallest absolute Gasteiger partial charge is 0.327 e. The zero-order valence-electron chi connectivity index (χ0n) is 11.9. The van der Waals surface area contributed by atoms with E-state index >= 15 is 0 Å². The molecule has 0 aromatic carbocycles. The van der Waals surface area contributed by atoms with Crippen LogP contribution in [0, 0.1) is 0 Å². The molecule has 2 saturated heterocycles. The van der Waals surface area contributed by atoms with E-state index in [1.807, 2.05) is 0 Å². The van der Waals surface area contributed by atoms with Crippen molar-refractivity contribution < 1.29 is 14.7 Å². The van der Waals surface area contributed by atoms with Crippen molar-refractivity contribution in [2.75, 3.05) is 37.7 Å². The van der Waals surface area contributed by atoms with Crippen LogP contribution in [0.4, 0.5) is 4.79 Å². The molecular formula is C13H23N3O3S. The van der Waals surface area contributed by atoms with E-state index in [0.717, 1.165) is 38.2 Å². The van der Waals surface area contributed by atoms with E-state index in [2.05, 4.69) is 17.1 Å². The SMILES string of the molecule is CCN1CCCC(NC(=O)N2CCSCC2C(=O)O)C1. The minimum Gasteiger partial charge on any atom is -0.480 e. The van der Waals surface area contributed by atoms with Crippen LogP contribution in [0.15, 0.2) is 0 Å². The number of likely N-dealkylation sites (tertiary alicyclic amines) is 1. The third-order valence-electron chi connectivity index (χ3n) is 3.95. The van der Waals surface area contributed by atoms with E-state index in [1.165, 1.54) is 4.90 Å². The molecule has 2 amide bonds. The topological polar surface area (TPSA) is 72.9 Å². The van der Waals surface area contributed by atoms with Crippen LogP contribution in [-0.2, 0) is 4.79 Å². The van der Waals surface area contributed by atoms with Gasteiger partial charge in [0.15, 0.2) is 0 Å². The summed E-state index contributed by atoms with van der Waals surface area (Å²) in [5.74, 6) is 0.378. The number of nitrogens with zero attached hydrogens (tertiary/aromatic N) is 2. The van der Waals surface area contributed by atoms with Gasteiger partial charge >= 0.3 is 12.0 Å². The van der Waals surface area contributed by atoms with Crippen LogP contribution in [0.5, 0.6) is 0 Å². The molecule has 0 aromatic heterocycles. The van der Waals surface area contributed by atoms with Gasteiger partial charge in [-0.2, -0.15) is 11.8 Å². The zero-order valence-corrected chi connectivity index (χ0v) is 12.7. The summed E-state index contributed by atoms with van der Waals surface area (Å²) in [6.45, 7) is 5.57. The number of carboxylic acid groups (broad SMARTS) is 1. The maximum absolute atomic E-state index is 12.3. The molecule has 0 spiro atoms. The summed E-state index contributed by atoms with van der Waals surface area (Å²) < 4.78 is 0. The summed E-state index contributed by atoms with van der Waals surface area (Å²) >= 11 is 1.59. The molecule has 2 unspecified atom stereocenters. The molecule has 20 heavy (non-hydrogen) atoms. The van der Waals surface area contributed by atoms with Gasteiger partial charge in [-0.1, -0.05) is 6.92 Å². The lowest BCUT2D eigenvalue weighted by Crippen LogP contribution is -2.57. The molecule has 6 nitrogen and oxygen atoms in total. The molecule has 0 aliphatic carbocycles. The summed E-state index contributed by atoms with van der Waals surface area (Å²) in [6, 6.07) is -0.777. The highest BCUT2D eigenvalue weighted by Crippen LogP contribution is 2.17. The van der Waals surface area contributed by atoms with Crippen molar-refractivity contribution in [2.45, 2.75) is 31.8 Å². The average Bonchev–Trinajstić information content (AvgIpc) is 2.47. The summed E-state index contributed by atoms with van der Waals surface area (Å²) in [7, 11) is 0. The predicted octanol–water partition coefficient (Wildman–Crippen LogP) is 0.682. The van der Waals surface area contributed by atoms with Gasteiger partial charge in [0, 0.05) is 30.6 Å².